The zero-order valence-electron chi connectivity index (χ0n) is 6.10. The third kappa shape index (κ3) is 2.21. The van der Waals surface area contributed by atoms with Crippen LogP contribution in [0.4, 0.5) is 0 Å². The highest BCUT2D eigenvalue weighted by atomic mass is 16.1. The maximum atomic E-state index is 10.0. The highest BCUT2D eigenvalue weighted by molar-refractivity contribution is 5.49. The Morgan fingerprint density at radius 3 is 3.10 bits per heavy atom. The van der Waals surface area contributed by atoms with Gasteiger partial charge in [0.25, 0.3) is 0 Å². The zero-order chi connectivity index (χ0) is 7.23. The Hall–Kier alpha value is -0.790. The highest BCUT2D eigenvalue weighted by Gasteiger charge is 1.99. The predicted octanol–water partition coefficient (Wildman–Crippen LogP) is 1.58. The Balaban J connectivity index is 2.38. The van der Waals surface area contributed by atoms with E-state index < -0.39 is 0 Å². The van der Waals surface area contributed by atoms with Gasteiger partial charge in [-0.2, -0.15) is 0 Å². The molecule has 0 aromatic rings. The summed E-state index contributed by atoms with van der Waals surface area (Å²) < 4.78 is 0. The van der Waals surface area contributed by atoms with Crippen molar-refractivity contribution in [1.29, 1.82) is 0 Å². The van der Waals surface area contributed by atoms with Gasteiger partial charge in [-0.25, -0.2) is 0 Å². The summed E-state index contributed by atoms with van der Waals surface area (Å²) in [5.74, 6) is 0. The topological polar surface area (TPSA) is 29.1 Å². The molecule has 0 aromatic carbocycles. The number of nitrogens with one attached hydrogen (secondary N) is 1. The first-order chi connectivity index (χ1) is 4.93. The van der Waals surface area contributed by atoms with Gasteiger partial charge in [-0.3, -0.25) is 4.79 Å². The number of rotatable bonds is 2. The van der Waals surface area contributed by atoms with Gasteiger partial charge in [-0.1, -0.05) is 12.5 Å². The Morgan fingerprint density at radius 2 is 2.30 bits per heavy atom. The molecule has 2 heteroatoms. The third-order valence-corrected chi connectivity index (χ3v) is 1.79. The molecule has 1 amide bonds. The van der Waals surface area contributed by atoms with Gasteiger partial charge in [-0.15, -0.1) is 0 Å². The average molecular weight is 139 g/mol. The SMILES string of the molecule is O=CNC1=CCCCCC1. The first-order valence-corrected chi connectivity index (χ1v) is 3.82. The van der Waals surface area contributed by atoms with Crippen LogP contribution in [0.2, 0.25) is 0 Å². The van der Waals surface area contributed by atoms with E-state index in [2.05, 4.69) is 11.4 Å². The fourth-order valence-electron chi connectivity index (χ4n) is 1.22. The minimum atomic E-state index is 0.761. The van der Waals surface area contributed by atoms with Crippen molar-refractivity contribution in [2.75, 3.05) is 0 Å². The molecule has 0 aliphatic heterocycles. The molecule has 56 valence electrons. The largest absolute Gasteiger partial charge is 0.333 e. The quantitative estimate of drug-likeness (QED) is 0.578. The molecule has 2 nitrogen and oxygen atoms in total. The predicted molar refractivity (Wildman–Crippen MR) is 40.4 cm³/mol. The molecule has 0 spiro atoms. The monoisotopic (exact) mass is 139 g/mol. The van der Waals surface area contributed by atoms with Crippen LogP contribution < -0.4 is 5.32 Å². The first kappa shape index (κ1) is 7.32. The fourth-order valence-corrected chi connectivity index (χ4v) is 1.22. The van der Waals surface area contributed by atoms with Gasteiger partial charge in [0, 0.05) is 5.70 Å². The first-order valence-electron chi connectivity index (χ1n) is 3.82. The van der Waals surface area contributed by atoms with Crippen LogP contribution in [0.1, 0.15) is 32.1 Å². The number of carbonyl (C=O) groups is 1. The van der Waals surface area contributed by atoms with E-state index in [-0.39, 0.29) is 0 Å². The van der Waals surface area contributed by atoms with Crippen molar-refractivity contribution >= 4 is 6.41 Å². The molecule has 0 unspecified atom stereocenters. The number of allylic oxidation sites excluding steroid dienone is 2. The standard InChI is InChI=1S/C8H13NO/c10-7-9-8-5-3-1-2-4-6-8/h5,7H,1-4,6H2,(H,9,10). The van der Waals surface area contributed by atoms with Crippen molar-refractivity contribution in [3.63, 3.8) is 0 Å². The molecule has 0 atom stereocenters. The maximum absolute atomic E-state index is 10.0. The molecule has 0 saturated heterocycles. The zero-order valence-corrected chi connectivity index (χ0v) is 6.10. The van der Waals surface area contributed by atoms with Crippen LogP contribution in [-0.2, 0) is 4.79 Å². The number of carbonyl (C=O) groups excluding carboxylic acids is 1. The summed E-state index contributed by atoms with van der Waals surface area (Å²) in [6, 6.07) is 0. The van der Waals surface area contributed by atoms with E-state index >= 15 is 0 Å². The van der Waals surface area contributed by atoms with Crippen LogP contribution in [-0.4, -0.2) is 6.41 Å². The summed E-state index contributed by atoms with van der Waals surface area (Å²) in [7, 11) is 0. The van der Waals surface area contributed by atoms with Crippen molar-refractivity contribution in [2.24, 2.45) is 0 Å². The lowest BCUT2D eigenvalue weighted by atomic mass is 10.2. The number of amides is 1. The van der Waals surface area contributed by atoms with Crippen LogP contribution in [0.15, 0.2) is 11.8 Å². The van der Waals surface area contributed by atoms with E-state index in [9.17, 15) is 4.79 Å². The second-order valence-electron chi connectivity index (χ2n) is 2.59. The lowest BCUT2D eigenvalue weighted by molar-refractivity contribution is -0.109. The molecule has 1 aliphatic carbocycles. The second kappa shape index (κ2) is 4.09. The van der Waals surface area contributed by atoms with Gasteiger partial charge >= 0.3 is 0 Å². The molecule has 1 aliphatic rings. The van der Waals surface area contributed by atoms with E-state index in [1.807, 2.05) is 0 Å². The lowest BCUT2D eigenvalue weighted by Gasteiger charge is -1.99. The molecule has 0 saturated carbocycles. The molecule has 1 rings (SSSR count). The van der Waals surface area contributed by atoms with Crippen molar-refractivity contribution in [3.05, 3.63) is 11.8 Å². The van der Waals surface area contributed by atoms with Crippen molar-refractivity contribution in [3.8, 4) is 0 Å². The summed E-state index contributed by atoms with van der Waals surface area (Å²) in [5.41, 5.74) is 1.10. The smallest absolute Gasteiger partial charge is 0.211 e. The van der Waals surface area contributed by atoms with Crippen LogP contribution in [0.3, 0.4) is 0 Å². The molecular weight excluding hydrogens is 126 g/mol. The molecule has 0 heterocycles. The van der Waals surface area contributed by atoms with E-state index in [4.69, 9.17) is 0 Å². The summed E-state index contributed by atoms with van der Waals surface area (Å²) in [6.07, 6.45) is 8.82. The minimum absolute atomic E-state index is 0.761. The third-order valence-electron chi connectivity index (χ3n) is 1.79. The van der Waals surface area contributed by atoms with Gasteiger partial charge in [0.1, 0.15) is 0 Å². The minimum Gasteiger partial charge on any atom is -0.333 e. The summed E-state index contributed by atoms with van der Waals surface area (Å²) in [6.45, 7) is 0. The van der Waals surface area contributed by atoms with Gasteiger partial charge < -0.3 is 5.32 Å². The van der Waals surface area contributed by atoms with Crippen LogP contribution in [0, 0.1) is 0 Å². The fraction of sp³-hybridized carbons (Fsp3) is 0.625. The summed E-state index contributed by atoms with van der Waals surface area (Å²) >= 11 is 0. The average Bonchev–Trinajstić information content (AvgIpc) is 2.17. The Bertz CT molecular complexity index is 140. The molecule has 10 heavy (non-hydrogen) atoms. The van der Waals surface area contributed by atoms with E-state index in [1.165, 1.54) is 19.3 Å². The summed E-state index contributed by atoms with van der Waals surface area (Å²) in [4.78, 5) is 10.0. The van der Waals surface area contributed by atoms with E-state index in [1.54, 1.807) is 0 Å². The molecule has 1 N–H and O–H groups in total. The second-order valence-corrected chi connectivity index (χ2v) is 2.59. The Morgan fingerprint density at radius 1 is 1.40 bits per heavy atom. The van der Waals surface area contributed by atoms with Crippen LogP contribution >= 0.6 is 0 Å². The van der Waals surface area contributed by atoms with E-state index in [0.717, 1.165) is 24.9 Å². The van der Waals surface area contributed by atoms with Gasteiger partial charge in [-0.05, 0) is 25.7 Å². The van der Waals surface area contributed by atoms with Crippen molar-refractivity contribution in [2.45, 2.75) is 32.1 Å². The van der Waals surface area contributed by atoms with Crippen LogP contribution in [0.5, 0.6) is 0 Å². The molecule has 0 fully saturated rings. The number of hydrogen-bond acceptors (Lipinski definition) is 1. The molecular formula is C8H13NO. The Kier molecular flexibility index (Phi) is 3.00. The van der Waals surface area contributed by atoms with E-state index in [0.29, 0.717) is 0 Å². The van der Waals surface area contributed by atoms with Gasteiger partial charge in [0.05, 0.1) is 0 Å². The lowest BCUT2D eigenvalue weighted by Crippen LogP contribution is -2.09. The maximum Gasteiger partial charge on any atom is 0.211 e. The van der Waals surface area contributed by atoms with Crippen molar-refractivity contribution in [1.82, 2.24) is 5.32 Å². The number of hydrogen-bond donors (Lipinski definition) is 1. The molecule has 0 radical (unpaired) electrons. The molecule has 0 bridgehead atoms. The Labute approximate surface area is 61.3 Å². The highest BCUT2D eigenvalue weighted by Crippen LogP contribution is 2.14. The normalized spacial score (nSPS) is 19.0. The molecule has 0 aromatic heterocycles. The van der Waals surface area contributed by atoms with Crippen LogP contribution in [0.25, 0.3) is 0 Å². The van der Waals surface area contributed by atoms with Gasteiger partial charge in [0.2, 0.25) is 6.41 Å². The van der Waals surface area contributed by atoms with Gasteiger partial charge in [0.15, 0.2) is 0 Å². The summed E-state index contributed by atoms with van der Waals surface area (Å²) in [5, 5.41) is 2.70. The van der Waals surface area contributed by atoms with Crippen molar-refractivity contribution < 1.29 is 4.79 Å².